The number of ether oxygens (including phenoxy) is 2. The Balaban J connectivity index is 1.30. The van der Waals surface area contributed by atoms with E-state index in [0.717, 1.165) is 54.1 Å². The van der Waals surface area contributed by atoms with Crippen molar-refractivity contribution in [3.05, 3.63) is 90.8 Å². The predicted molar refractivity (Wildman–Crippen MR) is 145 cm³/mol. The van der Waals surface area contributed by atoms with E-state index in [1.165, 1.54) is 0 Å². The first-order chi connectivity index (χ1) is 18.0. The average Bonchev–Trinajstić information content (AvgIpc) is 3.45. The number of hydrogen-bond acceptors (Lipinski definition) is 5. The molecule has 1 aromatic heterocycles. The van der Waals surface area contributed by atoms with Crippen molar-refractivity contribution in [1.82, 2.24) is 15.5 Å². The van der Waals surface area contributed by atoms with Crippen LogP contribution in [0, 0.1) is 0 Å². The van der Waals surface area contributed by atoms with Gasteiger partial charge in [0, 0.05) is 23.5 Å². The Morgan fingerprint density at radius 1 is 0.919 bits per heavy atom. The summed E-state index contributed by atoms with van der Waals surface area (Å²) in [4.78, 5) is 13.7. The molecule has 37 heavy (non-hydrogen) atoms. The first-order valence-corrected chi connectivity index (χ1v) is 12.7. The largest absolute Gasteiger partial charge is 0.491 e. The van der Waals surface area contributed by atoms with E-state index >= 15 is 0 Å². The Morgan fingerprint density at radius 3 is 2.32 bits per heavy atom. The van der Waals surface area contributed by atoms with Gasteiger partial charge in [0.2, 0.25) is 5.91 Å². The second-order valence-electron chi connectivity index (χ2n) is 9.62. The van der Waals surface area contributed by atoms with Gasteiger partial charge in [-0.15, -0.1) is 0 Å². The van der Waals surface area contributed by atoms with E-state index in [1.807, 2.05) is 68.6 Å². The monoisotopic (exact) mass is 496 g/mol. The molecular formula is C30H32N4O3. The molecule has 3 aromatic carbocycles. The van der Waals surface area contributed by atoms with Crippen LogP contribution in [0.5, 0.6) is 17.2 Å². The number of aromatic amines is 1. The van der Waals surface area contributed by atoms with E-state index in [2.05, 4.69) is 45.1 Å². The number of nitrogens with zero attached hydrogens (tertiary/aromatic N) is 1. The van der Waals surface area contributed by atoms with Crippen molar-refractivity contribution >= 4 is 11.6 Å². The van der Waals surface area contributed by atoms with Crippen molar-refractivity contribution in [3.8, 4) is 28.4 Å². The molecule has 0 spiro atoms. The van der Waals surface area contributed by atoms with Crippen molar-refractivity contribution in [3.63, 3.8) is 0 Å². The molecule has 1 saturated heterocycles. The number of amides is 1. The van der Waals surface area contributed by atoms with Crippen molar-refractivity contribution in [1.29, 1.82) is 0 Å². The molecule has 0 bridgehead atoms. The maximum Gasteiger partial charge on any atom is 0.235 e. The van der Waals surface area contributed by atoms with Gasteiger partial charge in [0.05, 0.1) is 17.7 Å². The zero-order valence-electron chi connectivity index (χ0n) is 21.2. The van der Waals surface area contributed by atoms with Crippen molar-refractivity contribution in [2.24, 2.45) is 0 Å². The molecule has 0 aliphatic carbocycles. The highest BCUT2D eigenvalue weighted by Crippen LogP contribution is 2.36. The van der Waals surface area contributed by atoms with Crippen molar-refractivity contribution in [2.45, 2.75) is 38.2 Å². The lowest BCUT2D eigenvalue weighted by atomic mass is 9.72. The number of carbonyl (C=O) groups excluding carboxylic acids is 1. The molecule has 1 fully saturated rings. The van der Waals surface area contributed by atoms with Gasteiger partial charge in [0.1, 0.15) is 17.2 Å². The lowest BCUT2D eigenvalue weighted by Gasteiger charge is -2.37. The smallest absolute Gasteiger partial charge is 0.235 e. The fourth-order valence-electron chi connectivity index (χ4n) is 4.77. The molecule has 0 radical (unpaired) electrons. The Labute approximate surface area is 217 Å². The van der Waals surface area contributed by atoms with Gasteiger partial charge < -0.3 is 20.1 Å². The highest BCUT2D eigenvalue weighted by Gasteiger charge is 2.41. The zero-order valence-corrected chi connectivity index (χ0v) is 21.2. The van der Waals surface area contributed by atoms with Gasteiger partial charge >= 0.3 is 0 Å². The van der Waals surface area contributed by atoms with Crippen molar-refractivity contribution < 1.29 is 14.3 Å². The second-order valence-corrected chi connectivity index (χ2v) is 9.62. The van der Waals surface area contributed by atoms with E-state index in [0.29, 0.717) is 11.5 Å². The fourth-order valence-corrected chi connectivity index (χ4v) is 4.77. The van der Waals surface area contributed by atoms with Gasteiger partial charge in [-0.1, -0.05) is 30.3 Å². The lowest BCUT2D eigenvalue weighted by Crippen LogP contribution is -2.48. The number of piperidine rings is 1. The summed E-state index contributed by atoms with van der Waals surface area (Å²) >= 11 is 0. The molecule has 1 amide bonds. The number of hydrogen-bond donors (Lipinski definition) is 3. The number of H-pyrrole nitrogens is 1. The Kier molecular flexibility index (Phi) is 7.23. The summed E-state index contributed by atoms with van der Waals surface area (Å²) < 4.78 is 11.7. The molecule has 190 valence electrons. The Bertz CT molecular complexity index is 1310. The average molecular weight is 497 g/mol. The standard InChI is InChI=1S/C30H32N4O3/c1-21(2)36-27-4-3-5-28(18-27)37-26-12-10-25(11-13-26)34-29(35)30(14-16-31-17-15-30)24-8-6-22(7-9-24)23-19-32-33-20-23/h3-13,18-21,31H,14-17H2,1-2H3,(H,32,33)(H,34,35). The van der Waals surface area contributed by atoms with Crippen LogP contribution >= 0.6 is 0 Å². The van der Waals surface area contributed by atoms with Crippen LogP contribution in [0.15, 0.2) is 85.2 Å². The van der Waals surface area contributed by atoms with E-state index in [-0.39, 0.29) is 12.0 Å². The van der Waals surface area contributed by atoms with Crippen LogP contribution in [0.2, 0.25) is 0 Å². The number of anilines is 1. The summed E-state index contributed by atoms with van der Waals surface area (Å²) in [6, 6.07) is 23.3. The summed E-state index contributed by atoms with van der Waals surface area (Å²) in [7, 11) is 0. The maximum absolute atomic E-state index is 13.7. The number of benzene rings is 3. The lowest BCUT2D eigenvalue weighted by molar-refractivity contribution is -0.122. The third-order valence-corrected chi connectivity index (χ3v) is 6.69. The SMILES string of the molecule is CC(C)Oc1cccc(Oc2ccc(NC(=O)C3(c4ccc(-c5cn[nH]c5)cc4)CCNCC3)cc2)c1. The van der Waals surface area contributed by atoms with Crippen LogP contribution in [-0.4, -0.2) is 35.3 Å². The quantitative estimate of drug-likeness (QED) is 0.282. The first-order valence-electron chi connectivity index (χ1n) is 12.7. The summed E-state index contributed by atoms with van der Waals surface area (Å²) in [5.41, 5.74) is 3.27. The molecule has 7 heteroatoms. The molecule has 0 unspecified atom stereocenters. The summed E-state index contributed by atoms with van der Waals surface area (Å²) in [5.74, 6) is 2.16. The fraction of sp³-hybridized carbons (Fsp3) is 0.267. The topological polar surface area (TPSA) is 88.3 Å². The van der Waals surface area contributed by atoms with E-state index in [4.69, 9.17) is 9.47 Å². The molecule has 1 aliphatic rings. The van der Waals surface area contributed by atoms with Crippen LogP contribution in [0.4, 0.5) is 5.69 Å². The van der Waals surface area contributed by atoms with Gasteiger partial charge in [-0.05, 0) is 87.3 Å². The molecule has 7 nitrogen and oxygen atoms in total. The Morgan fingerprint density at radius 2 is 1.65 bits per heavy atom. The Hall–Kier alpha value is -4.10. The number of aromatic nitrogens is 2. The third-order valence-electron chi connectivity index (χ3n) is 6.69. The minimum absolute atomic E-state index is 0.0114. The summed E-state index contributed by atoms with van der Waals surface area (Å²) in [5, 5.41) is 13.4. The molecule has 0 atom stereocenters. The molecule has 0 saturated carbocycles. The molecule has 3 N–H and O–H groups in total. The number of rotatable bonds is 8. The van der Waals surface area contributed by atoms with Crippen LogP contribution in [0.25, 0.3) is 11.1 Å². The highest BCUT2D eigenvalue weighted by molar-refractivity contribution is 5.99. The maximum atomic E-state index is 13.7. The molecule has 4 aromatic rings. The zero-order chi connectivity index (χ0) is 25.7. The van der Waals surface area contributed by atoms with Gasteiger partial charge in [-0.3, -0.25) is 9.89 Å². The van der Waals surface area contributed by atoms with Crippen molar-refractivity contribution in [2.75, 3.05) is 18.4 Å². The number of nitrogens with one attached hydrogen (secondary N) is 3. The number of carbonyl (C=O) groups is 1. The van der Waals surface area contributed by atoms with Gasteiger partial charge in [0.25, 0.3) is 0 Å². The first kappa shape index (κ1) is 24.6. The van der Waals surface area contributed by atoms with Crippen LogP contribution < -0.4 is 20.1 Å². The van der Waals surface area contributed by atoms with Crippen LogP contribution in [0.1, 0.15) is 32.3 Å². The highest BCUT2D eigenvalue weighted by atomic mass is 16.5. The third kappa shape index (κ3) is 5.67. The van der Waals surface area contributed by atoms with Gasteiger partial charge in [-0.25, -0.2) is 0 Å². The van der Waals surface area contributed by atoms with E-state index in [1.54, 1.807) is 6.20 Å². The van der Waals surface area contributed by atoms with E-state index in [9.17, 15) is 4.79 Å². The minimum atomic E-state index is -0.591. The van der Waals surface area contributed by atoms with Gasteiger partial charge in [-0.2, -0.15) is 5.10 Å². The molecular weight excluding hydrogens is 464 g/mol. The predicted octanol–water partition coefficient (Wildman–Crippen LogP) is 5.92. The minimum Gasteiger partial charge on any atom is -0.491 e. The van der Waals surface area contributed by atoms with E-state index < -0.39 is 5.41 Å². The van der Waals surface area contributed by atoms with Crippen LogP contribution in [-0.2, 0) is 10.2 Å². The molecule has 5 rings (SSSR count). The summed E-state index contributed by atoms with van der Waals surface area (Å²) in [6.07, 6.45) is 5.23. The molecule has 2 heterocycles. The normalized spacial score (nSPS) is 14.8. The second kappa shape index (κ2) is 10.9. The summed E-state index contributed by atoms with van der Waals surface area (Å²) in [6.45, 7) is 5.57. The molecule has 1 aliphatic heterocycles. The van der Waals surface area contributed by atoms with Gasteiger partial charge in [0.15, 0.2) is 0 Å². The van der Waals surface area contributed by atoms with Crippen LogP contribution in [0.3, 0.4) is 0 Å².